The van der Waals surface area contributed by atoms with Gasteiger partial charge in [-0.15, -0.1) is 12.4 Å². The van der Waals surface area contributed by atoms with Crippen LogP contribution in [0.15, 0.2) is 18.2 Å². The molecular weight excluding hydrogens is 340 g/mol. The van der Waals surface area contributed by atoms with Crippen molar-refractivity contribution in [2.45, 2.75) is 38.3 Å². The number of halogens is 3. The van der Waals surface area contributed by atoms with E-state index in [2.05, 4.69) is 10.2 Å². The number of amides is 1. The Morgan fingerprint density at radius 2 is 2.22 bits per heavy atom. The van der Waals surface area contributed by atoms with E-state index in [9.17, 15) is 9.18 Å². The summed E-state index contributed by atoms with van der Waals surface area (Å²) in [6.45, 7) is 2.62. The predicted octanol–water partition coefficient (Wildman–Crippen LogP) is 2.72. The van der Waals surface area contributed by atoms with Gasteiger partial charge in [-0.2, -0.15) is 0 Å². The maximum absolute atomic E-state index is 13.5. The van der Waals surface area contributed by atoms with Crippen LogP contribution in [0.25, 0.3) is 0 Å². The third kappa shape index (κ3) is 6.26. The van der Waals surface area contributed by atoms with Gasteiger partial charge in [-0.25, -0.2) is 4.39 Å². The molecule has 1 aliphatic rings. The molecule has 7 heteroatoms. The zero-order valence-corrected chi connectivity index (χ0v) is 14.6. The molecule has 1 heterocycles. The first kappa shape index (κ1) is 20.2. The van der Waals surface area contributed by atoms with E-state index >= 15 is 0 Å². The van der Waals surface area contributed by atoms with Crippen molar-refractivity contribution in [3.63, 3.8) is 0 Å². The van der Waals surface area contributed by atoms with E-state index in [0.717, 1.165) is 31.4 Å². The van der Waals surface area contributed by atoms with Crippen molar-refractivity contribution in [2.75, 3.05) is 19.6 Å². The molecule has 1 aromatic rings. The molecule has 130 valence electrons. The molecule has 3 N–H and O–H groups in total. The maximum Gasteiger partial charge on any atom is 0.221 e. The molecule has 0 aromatic heterocycles. The van der Waals surface area contributed by atoms with Crippen molar-refractivity contribution in [1.29, 1.82) is 0 Å². The number of nitrogens with two attached hydrogens (primary N) is 1. The van der Waals surface area contributed by atoms with Gasteiger partial charge in [0.2, 0.25) is 5.91 Å². The number of hydrogen-bond donors (Lipinski definition) is 2. The van der Waals surface area contributed by atoms with Crippen LogP contribution in [0.4, 0.5) is 4.39 Å². The summed E-state index contributed by atoms with van der Waals surface area (Å²) in [5, 5.41) is 3.08. The van der Waals surface area contributed by atoms with E-state index in [4.69, 9.17) is 17.3 Å². The van der Waals surface area contributed by atoms with Crippen LogP contribution in [0, 0.1) is 5.82 Å². The van der Waals surface area contributed by atoms with Crippen LogP contribution >= 0.6 is 24.0 Å². The van der Waals surface area contributed by atoms with Crippen molar-refractivity contribution in [3.05, 3.63) is 34.6 Å². The average molecular weight is 364 g/mol. The highest BCUT2D eigenvalue weighted by Gasteiger charge is 2.23. The van der Waals surface area contributed by atoms with Gasteiger partial charge >= 0.3 is 0 Å². The lowest BCUT2D eigenvalue weighted by molar-refractivity contribution is -0.121. The summed E-state index contributed by atoms with van der Waals surface area (Å²) < 4.78 is 13.5. The third-order valence-electron chi connectivity index (χ3n) is 4.03. The molecule has 2 rings (SSSR count). The minimum absolute atomic E-state index is 0. The standard InChI is InChI=1S/C16H23ClFN3O.ClH/c17-14-5-4-12(9-15(14)18)11-21-8-2-1-3-13(21)10-20-16(22)6-7-19;/h4-5,9,13H,1-3,6-8,10-11,19H2,(H,20,22);1H. The van der Waals surface area contributed by atoms with Gasteiger partial charge < -0.3 is 11.1 Å². The summed E-state index contributed by atoms with van der Waals surface area (Å²) in [6, 6.07) is 5.22. The van der Waals surface area contributed by atoms with Crippen molar-refractivity contribution in [3.8, 4) is 0 Å². The Balaban J connectivity index is 0.00000264. The minimum atomic E-state index is -0.385. The second-order valence-corrected chi connectivity index (χ2v) is 6.12. The maximum atomic E-state index is 13.5. The molecule has 1 amide bonds. The Morgan fingerprint density at radius 1 is 1.43 bits per heavy atom. The number of piperidine rings is 1. The Hall–Kier alpha value is -0.880. The third-order valence-corrected chi connectivity index (χ3v) is 4.33. The molecule has 0 bridgehead atoms. The lowest BCUT2D eigenvalue weighted by atomic mass is 10.0. The number of nitrogens with zero attached hydrogens (tertiary/aromatic N) is 1. The molecule has 0 spiro atoms. The quantitative estimate of drug-likeness (QED) is 0.816. The number of hydrogen-bond acceptors (Lipinski definition) is 3. The van der Waals surface area contributed by atoms with Gasteiger partial charge in [-0.05, 0) is 37.1 Å². The van der Waals surface area contributed by atoms with Crippen molar-refractivity contribution < 1.29 is 9.18 Å². The molecule has 1 aliphatic heterocycles. The van der Waals surface area contributed by atoms with Crippen molar-refractivity contribution in [2.24, 2.45) is 5.73 Å². The highest BCUT2D eigenvalue weighted by molar-refractivity contribution is 6.30. The molecule has 1 atom stereocenters. The fraction of sp³-hybridized carbons (Fsp3) is 0.562. The van der Waals surface area contributed by atoms with Crippen LogP contribution < -0.4 is 11.1 Å². The molecule has 0 aliphatic carbocycles. The van der Waals surface area contributed by atoms with Crippen LogP contribution in [0.2, 0.25) is 5.02 Å². The number of rotatable bonds is 6. The van der Waals surface area contributed by atoms with Gasteiger partial charge in [0.25, 0.3) is 0 Å². The molecule has 0 saturated carbocycles. The molecule has 4 nitrogen and oxygen atoms in total. The van der Waals surface area contributed by atoms with Crippen LogP contribution in [0.5, 0.6) is 0 Å². The van der Waals surface area contributed by atoms with Gasteiger partial charge in [0.1, 0.15) is 5.82 Å². The first-order valence-corrected chi connectivity index (χ1v) is 8.12. The Morgan fingerprint density at radius 3 is 2.91 bits per heavy atom. The number of nitrogens with one attached hydrogen (secondary N) is 1. The van der Waals surface area contributed by atoms with E-state index in [-0.39, 0.29) is 35.2 Å². The van der Waals surface area contributed by atoms with Gasteiger partial charge in [-0.3, -0.25) is 9.69 Å². The second kappa shape index (κ2) is 10.1. The Kier molecular flexibility index (Phi) is 8.84. The fourth-order valence-electron chi connectivity index (χ4n) is 2.82. The first-order valence-electron chi connectivity index (χ1n) is 7.75. The van der Waals surface area contributed by atoms with E-state index in [1.54, 1.807) is 6.07 Å². The summed E-state index contributed by atoms with van der Waals surface area (Å²) in [4.78, 5) is 13.9. The molecule has 1 fully saturated rings. The zero-order chi connectivity index (χ0) is 15.9. The fourth-order valence-corrected chi connectivity index (χ4v) is 2.94. The molecule has 23 heavy (non-hydrogen) atoms. The second-order valence-electron chi connectivity index (χ2n) is 5.71. The Bertz CT molecular complexity index is 516. The molecular formula is C16H24Cl2FN3O. The highest BCUT2D eigenvalue weighted by atomic mass is 35.5. The predicted molar refractivity (Wildman–Crippen MR) is 93.4 cm³/mol. The largest absolute Gasteiger partial charge is 0.354 e. The van der Waals surface area contributed by atoms with Crippen LogP contribution in [-0.2, 0) is 11.3 Å². The van der Waals surface area contributed by atoms with Gasteiger partial charge in [0.05, 0.1) is 5.02 Å². The lowest BCUT2D eigenvalue weighted by Crippen LogP contribution is -2.46. The van der Waals surface area contributed by atoms with E-state index in [0.29, 0.717) is 26.1 Å². The summed E-state index contributed by atoms with van der Waals surface area (Å²) >= 11 is 5.72. The summed E-state index contributed by atoms with van der Waals surface area (Å²) in [6.07, 6.45) is 3.68. The van der Waals surface area contributed by atoms with Crippen LogP contribution in [0.3, 0.4) is 0 Å². The first-order chi connectivity index (χ1) is 10.6. The Labute approximate surface area is 148 Å². The number of carbonyl (C=O) groups is 1. The average Bonchev–Trinajstić information content (AvgIpc) is 2.50. The van der Waals surface area contributed by atoms with E-state index < -0.39 is 0 Å². The monoisotopic (exact) mass is 363 g/mol. The van der Waals surface area contributed by atoms with E-state index in [1.165, 1.54) is 6.07 Å². The number of likely N-dealkylation sites (tertiary alicyclic amines) is 1. The molecule has 1 aromatic carbocycles. The molecule has 0 radical (unpaired) electrons. The molecule has 1 unspecified atom stereocenters. The smallest absolute Gasteiger partial charge is 0.221 e. The molecule has 1 saturated heterocycles. The SMILES string of the molecule is Cl.NCCC(=O)NCC1CCCCN1Cc1ccc(Cl)c(F)c1. The number of carbonyl (C=O) groups excluding carboxylic acids is 1. The minimum Gasteiger partial charge on any atom is -0.354 e. The summed E-state index contributed by atoms with van der Waals surface area (Å²) in [5.74, 6) is -0.394. The van der Waals surface area contributed by atoms with Crippen LogP contribution in [-0.4, -0.2) is 36.5 Å². The summed E-state index contributed by atoms with van der Waals surface area (Å²) in [5.41, 5.74) is 6.28. The van der Waals surface area contributed by atoms with E-state index in [1.807, 2.05) is 6.07 Å². The van der Waals surface area contributed by atoms with Gasteiger partial charge in [0, 0.05) is 32.1 Å². The van der Waals surface area contributed by atoms with Gasteiger partial charge in [-0.1, -0.05) is 24.1 Å². The topological polar surface area (TPSA) is 58.4 Å². The van der Waals surface area contributed by atoms with Gasteiger partial charge in [0.15, 0.2) is 0 Å². The normalized spacial score (nSPS) is 18.3. The van der Waals surface area contributed by atoms with Crippen molar-refractivity contribution in [1.82, 2.24) is 10.2 Å². The lowest BCUT2D eigenvalue weighted by Gasteiger charge is -2.36. The van der Waals surface area contributed by atoms with Crippen LogP contribution in [0.1, 0.15) is 31.2 Å². The number of benzene rings is 1. The highest BCUT2D eigenvalue weighted by Crippen LogP contribution is 2.21. The zero-order valence-electron chi connectivity index (χ0n) is 13.1. The van der Waals surface area contributed by atoms with Crippen molar-refractivity contribution >= 4 is 29.9 Å². The summed E-state index contributed by atoms with van der Waals surface area (Å²) in [7, 11) is 0.